The highest BCUT2D eigenvalue weighted by Crippen LogP contribution is 2.37. The Morgan fingerprint density at radius 2 is 2.33 bits per heavy atom. The van der Waals surface area contributed by atoms with Crippen molar-refractivity contribution in [2.24, 2.45) is 0 Å². The van der Waals surface area contributed by atoms with Crippen molar-refractivity contribution in [1.29, 1.82) is 0 Å². The first kappa shape index (κ1) is 15.1. The lowest BCUT2D eigenvalue weighted by molar-refractivity contribution is -0.120. The average Bonchev–Trinajstić information content (AvgIpc) is 3.25. The zero-order valence-corrected chi connectivity index (χ0v) is 14.4. The van der Waals surface area contributed by atoms with Gasteiger partial charge in [0.05, 0.1) is 11.6 Å². The third-order valence-corrected chi connectivity index (χ3v) is 5.54. The molecule has 0 radical (unpaired) electrons. The van der Waals surface area contributed by atoms with E-state index in [9.17, 15) is 4.79 Å². The molecule has 4 rings (SSSR count). The van der Waals surface area contributed by atoms with Crippen LogP contribution in [0.4, 0.5) is 5.82 Å². The van der Waals surface area contributed by atoms with E-state index >= 15 is 0 Å². The average molecular weight is 342 g/mol. The van der Waals surface area contributed by atoms with Crippen molar-refractivity contribution in [3.05, 3.63) is 40.7 Å². The van der Waals surface area contributed by atoms with Crippen molar-refractivity contribution in [3.8, 4) is 0 Å². The number of fused-ring (bicyclic) bond motifs is 1. The highest BCUT2D eigenvalue weighted by molar-refractivity contribution is 7.09. The maximum absolute atomic E-state index is 11.8. The molecule has 3 aromatic heterocycles. The van der Waals surface area contributed by atoms with Crippen molar-refractivity contribution in [1.82, 2.24) is 15.3 Å². The van der Waals surface area contributed by atoms with Gasteiger partial charge in [-0.25, -0.2) is 9.97 Å². The molecule has 1 aliphatic heterocycles. The molecule has 1 atom stereocenters. The molecular weight excluding hydrogens is 324 g/mol. The van der Waals surface area contributed by atoms with Gasteiger partial charge in [-0.05, 0) is 25.5 Å². The van der Waals surface area contributed by atoms with Gasteiger partial charge in [0.25, 0.3) is 0 Å². The third kappa shape index (κ3) is 2.45. The Hall–Kier alpha value is -2.41. The standard InChI is InChI=1S/C17H18N4O2S/c1-11-9-24-16(19-11)17(20-12(2)22)5-7-21(10-17)15-13-4-8-23-14(13)3-6-18-15/h3-4,6,8-9H,5,7,10H2,1-2H3,(H,20,22). The number of nitrogens with one attached hydrogen (secondary N) is 1. The SMILES string of the molecule is CC(=O)NC1(c2nc(C)cs2)CCN(c2nccc3occc23)C1. The van der Waals surface area contributed by atoms with E-state index in [0.29, 0.717) is 6.54 Å². The van der Waals surface area contributed by atoms with Gasteiger partial charge in [-0.15, -0.1) is 11.3 Å². The number of carbonyl (C=O) groups excluding carboxylic acids is 1. The Bertz CT molecular complexity index is 903. The third-order valence-electron chi connectivity index (χ3n) is 4.37. The number of hydrogen-bond donors (Lipinski definition) is 1. The van der Waals surface area contributed by atoms with Crippen LogP contribution in [0.15, 0.2) is 34.4 Å². The Labute approximate surface area is 143 Å². The van der Waals surface area contributed by atoms with Gasteiger partial charge in [0.2, 0.25) is 5.91 Å². The summed E-state index contributed by atoms with van der Waals surface area (Å²) in [5, 5.41) is 7.11. The summed E-state index contributed by atoms with van der Waals surface area (Å²) in [7, 11) is 0. The molecule has 3 aromatic rings. The molecule has 6 nitrogen and oxygen atoms in total. The van der Waals surface area contributed by atoms with Crippen LogP contribution >= 0.6 is 11.3 Å². The molecule has 0 spiro atoms. The highest BCUT2D eigenvalue weighted by Gasteiger charge is 2.43. The molecule has 4 heterocycles. The number of amides is 1. The molecule has 124 valence electrons. The zero-order valence-electron chi connectivity index (χ0n) is 13.6. The number of carbonyl (C=O) groups is 1. The second-order valence-corrected chi connectivity index (χ2v) is 7.05. The van der Waals surface area contributed by atoms with Gasteiger partial charge in [0.1, 0.15) is 21.9 Å². The summed E-state index contributed by atoms with van der Waals surface area (Å²) in [4.78, 5) is 23.2. The highest BCUT2D eigenvalue weighted by atomic mass is 32.1. The van der Waals surface area contributed by atoms with Gasteiger partial charge in [-0.3, -0.25) is 4.79 Å². The fraction of sp³-hybridized carbons (Fsp3) is 0.353. The van der Waals surface area contributed by atoms with Crippen LogP contribution in [0.2, 0.25) is 0 Å². The zero-order chi connectivity index (χ0) is 16.7. The van der Waals surface area contributed by atoms with Crippen LogP contribution < -0.4 is 10.2 Å². The fourth-order valence-corrected chi connectivity index (χ4v) is 4.34. The molecule has 1 saturated heterocycles. The second kappa shape index (κ2) is 5.59. The number of nitrogens with zero attached hydrogens (tertiary/aromatic N) is 3. The van der Waals surface area contributed by atoms with Crippen molar-refractivity contribution >= 4 is 34.0 Å². The maximum atomic E-state index is 11.8. The Morgan fingerprint density at radius 1 is 1.46 bits per heavy atom. The van der Waals surface area contributed by atoms with E-state index in [-0.39, 0.29) is 5.91 Å². The Kier molecular flexibility index (Phi) is 3.53. The van der Waals surface area contributed by atoms with Gasteiger partial charge in [0, 0.05) is 37.3 Å². The van der Waals surface area contributed by atoms with Crippen molar-refractivity contribution in [2.45, 2.75) is 25.8 Å². The summed E-state index contributed by atoms with van der Waals surface area (Å²) in [5.41, 5.74) is 1.34. The lowest BCUT2D eigenvalue weighted by atomic mass is 9.99. The van der Waals surface area contributed by atoms with Crippen LogP contribution in [0.3, 0.4) is 0 Å². The minimum Gasteiger partial charge on any atom is -0.464 e. The van der Waals surface area contributed by atoms with E-state index in [1.165, 1.54) is 0 Å². The molecule has 24 heavy (non-hydrogen) atoms. The van der Waals surface area contributed by atoms with E-state index in [4.69, 9.17) is 4.42 Å². The lowest BCUT2D eigenvalue weighted by Gasteiger charge is -2.28. The van der Waals surface area contributed by atoms with Crippen LogP contribution in [-0.4, -0.2) is 29.0 Å². The predicted molar refractivity (Wildman–Crippen MR) is 93.2 cm³/mol. The molecule has 0 aromatic carbocycles. The smallest absolute Gasteiger partial charge is 0.217 e. The quantitative estimate of drug-likeness (QED) is 0.792. The normalized spacial score (nSPS) is 20.7. The summed E-state index contributed by atoms with van der Waals surface area (Å²) in [6.07, 6.45) is 4.24. The number of rotatable bonds is 3. The van der Waals surface area contributed by atoms with Crippen LogP contribution in [0.1, 0.15) is 24.0 Å². The molecule has 0 aliphatic carbocycles. The molecule has 0 bridgehead atoms. The number of aryl methyl sites for hydroxylation is 1. The lowest BCUT2D eigenvalue weighted by Crippen LogP contribution is -2.47. The number of anilines is 1. The second-order valence-electron chi connectivity index (χ2n) is 6.20. The molecule has 1 amide bonds. The van der Waals surface area contributed by atoms with Crippen molar-refractivity contribution < 1.29 is 9.21 Å². The molecule has 1 aliphatic rings. The number of hydrogen-bond acceptors (Lipinski definition) is 6. The Balaban J connectivity index is 1.72. The first-order chi connectivity index (χ1) is 11.6. The molecule has 1 N–H and O–H groups in total. The first-order valence-electron chi connectivity index (χ1n) is 7.86. The molecule has 1 unspecified atom stereocenters. The summed E-state index contributed by atoms with van der Waals surface area (Å²) in [6, 6.07) is 3.80. The van der Waals surface area contributed by atoms with E-state index in [0.717, 1.165) is 40.5 Å². The minimum atomic E-state index is -0.460. The van der Waals surface area contributed by atoms with E-state index in [2.05, 4.69) is 20.2 Å². The van der Waals surface area contributed by atoms with Gasteiger partial charge in [-0.1, -0.05) is 0 Å². The van der Waals surface area contributed by atoms with E-state index in [1.54, 1.807) is 30.7 Å². The van der Waals surface area contributed by atoms with Crippen LogP contribution in [0.25, 0.3) is 11.0 Å². The first-order valence-corrected chi connectivity index (χ1v) is 8.74. The number of aromatic nitrogens is 2. The maximum Gasteiger partial charge on any atom is 0.217 e. The van der Waals surface area contributed by atoms with Crippen molar-refractivity contribution in [2.75, 3.05) is 18.0 Å². The van der Waals surface area contributed by atoms with E-state index < -0.39 is 5.54 Å². The topological polar surface area (TPSA) is 71.3 Å². The van der Waals surface area contributed by atoms with Crippen molar-refractivity contribution in [3.63, 3.8) is 0 Å². The fourth-order valence-electron chi connectivity index (χ4n) is 3.36. The summed E-state index contributed by atoms with van der Waals surface area (Å²) < 4.78 is 5.48. The summed E-state index contributed by atoms with van der Waals surface area (Å²) in [5.74, 6) is 0.848. The van der Waals surface area contributed by atoms with Gasteiger partial charge < -0.3 is 14.6 Å². The summed E-state index contributed by atoms with van der Waals surface area (Å²) in [6.45, 7) is 4.98. The van der Waals surface area contributed by atoms with Gasteiger partial charge in [-0.2, -0.15) is 0 Å². The molecular formula is C17H18N4O2S. The van der Waals surface area contributed by atoms with Gasteiger partial charge in [0.15, 0.2) is 0 Å². The minimum absolute atomic E-state index is 0.0424. The van der Waals surface area contributed by atoms with E-state index in [1.807, 2.05) is 24.4 Å². The van der Waals surface area contributed by atoms with Crippen LogP contribution in [0, 0.1) is 6.92 Å². The monoisotopic (exact) mass is 342 g/mol. The number of thiazole rings is 1. The summed E-state index contributed by atoms with van der Waals surface area (Å²) >= 11 is 1.60. The number of pyridine rings is 1. The molecule has 0 saturated carbocycles. The van der Waals surface area contributed by atoms with Crippen LogP contribution in [-0.2, 0) is 10.3 Å². The Morgan fingerprint density at radius 3 is 3.08 bits per heavy atom. The molecule has 1 fully saturated rings. The largest absolute Gasteiger partial charge is 0.464 e. The molecule has 7 heteroatoms. The number of furan rings is 1. The van der Waals surface area contributed by atoms with Gasteiger partial charge >= 0.3 is 0 Å². The predicted octanol–water partition coefficient (Wildman–Crippen LogP) is 2.83. The van der Waals surface area contributed by atoms with Crippen LogP contribution in [0.5, 0.6) is 0 Å².